The molecule has 2 aromatic carbocycles. The Kier molecular flexibility index (Phi) is 5.35. The van der Waals surface area contributed by atoms with Crippen molar-refractivity contribution >= 4 is 46.4 Å². The van der Waals surface area contributed by atoms with Crippen molar-refractivity contribution in [1.82, 2.24) is 0 Å². The van der Waals surface area contributed by atoms with Crippen LogP contribution < -0.4 is 4.90 Å². The zero-order valence-electron chi connectivity index (χ0n) is 14.0. The minimum Gasteiger partial charge on any atom is -0.268 e. The van der Waals surface area contributed by atoms with E-state index in [-0.39, 0.29) is 16.2 Å². The molecule has 0 unspecified atom stereocenters. The summed E-state index contributed by atoms with van der Waals surface area (Å²) in [4.78, 5) is 26.8. The van der Waals surface area contributed by atoms with Gasteiger partial charge in [-0.2, -0.15) is 13.2 Å². The third kappa shape index (κ3) is 3.61. The molecule has 1 aliphatic heterocycles. The standard InChI is InChI=1S/C19H13ClF3NO2S/c1-2-27-16-15(11-6-4-3-5-7-11)17(25)24(18(16)26)12-8-9-14(20)13(10-12)19(21,22)23/h3-10H,2H2,1H3. The number of halogens is 4. The Balaban J connectivity index is 2.10. The highest BCUT2D eigenvalue weighted by Crippen LogP contribution is 2.41. The molecule has 0 saturated carbocycles. The van der Waals surface area contributed by atoms with Gasteiger partial charge in [0.2, 0.25) is 0 Å². The summed E-state index contributed by atoms with van der Waals surface area (Å²) in [5, 5.41) is -0.496. The van der Waals surface area contributed by atoms with Gasteiger partial charge in [-0.3, -0.25) is 9.59 Å². The lowest BCUT2D eigenvalue weighted by atomic mass is 10.1. The molecule has 0 saturated heterocycles. The molecule has 3 nitrogen and oxygen atoms in total. The van der Waals surface area contributed by atoms with Crippen LogP contribution in [0.15, 0.2) is 53.4 Å². The van der Waals surface area contributed by atoms with Crippen LogP contribution in [0.25, 0.3) is 5.57 Å². The number of carbonyl (C=O) groups is 2. The predicted molar refractivity (Wildman–Crippen MR) is 100 cm³/mol. The fraction of sp³-hybridized carbons (Fsp3) is 0.158. The van der Waals surface area contributed by atoms with Crippen molar-refractivity contribution in [3.63, 3.8) is 0 Å². The summed E-state index contributed by atoms with van der Waals surface area (Å²) >= 11 is 6.82. The molecule has 2 amide bonds. The van der Waals surface area contributed by atoms with Gasteiger partial charge in [0, 0.05) is 0 Å². The molecule has 0 fully saturated rings. The van der Waals surface area contributed by atoms with Gasteiger partial charge >= 0.3 is 6.18 Å². The Morgan fingerprint density at radius 1 is 1.04 bits per heavy atom. The topological polar surface area (TPSA) is 37.4 Å². The molecule has 0 aromatic heterocycles. The number of hydrogen-bond donors (Lipinski definition) is 0. The van der Waals surface area contributed by atoms with Crippen molar-refractivity contribution in [3.8, 4) is 0 Å². The summed E-state index contributed by atoms with van der Waals surface area (Å²) in [6, 6.07) is 11.6. The number of nitrogens with zero attached hydrogens (tertiary/aromatic N) is 1. The fourth-order valence-electron chi connectivity index (χ4n) is 2.75. The van der Waals surface area contributed by atoms with E-state index < -0.39 is 28.6 Å². The van der Waals surface area contributed by atoms with E-state index in [1.54, 1.807) is 30.3 Å². The number of hydrogen-bond acceptors (Lipinski definition) is 3. The Bertz CT molecular complexity index is 942. The largest absolute Gasteiger partial charge is 0.417 e. The Morgan fingerprint density at radius 3 is 2.30 bits per heavy atom. The van der Waals surface area contributed by atoms with E-state index in [0.717, 1.165) is 17.0 Å². The summed E-state index contributed by atoms with van der Waals surface area (Å²) in [5.41, 5.74) is -0.530. The molecule has 0 radical (unpaired) electrons. The summed E-state index contributed by atoms with van der Waals surface area (Å²) < 4.78 is 39.5. The average Bonchev–Trinajstić information content (AvgIpc) is 2.86. The fourth-order valence-corrected chi connectivity index (χ4v) is 3.83. The van der Waals surface area contributed by atoms with Crippen LogP contribution in [0.3, 0.4) is 0 Å². The van der Waals surface area contributed by atoms with Gasteiger partial charge in [0.1, 0.15) is 0 Å². The van der Waals surface area contributed by atoms with Crippen molar-refractivity contribution in [3.05, 3.63) is 69.6 Å². The number of imide groups is 1. The maximum atomic E-state index is 13.2. The number of rotatable bonds is 4. The Hall–Kier alpha value is -2.25. The van der Waals surface area contributed by atoms with Crippen molar-refractivity contribution in [2.75, 3.05) is 10.7 Å². The molecule has 0 N–H and O–H groups in total. The number of anilines is 1. The third-order valence-corrected chi connectivity index (χ3v) is 5.19. The van der Waals surface area contributed by atoms with Crippen LogP contribution in [0.2, 0.25) is 5.02 Å². The number of alkyl halides is 3. The quantitative estimate of drug-likeness (QED) is 0.632. The van der Waals surface area contributed by atoms with Gasteiger partial charge in [-0.15, -0.1) is 11.8 Å². The highest BCUT2D eigenvalue weighted by molar-refractivity contribution is 8.04. The molecule has 0 spiro atoms. The van der Waals surface area contributed by atoms with Crippen molar-refractivity contribution in [2.45, 2.75) is 13.1 Å². The zero-order valence-corrected chi connectivity index (χ0v) is 15.6. The van der Waals surface area contributed by atoms with Crippen LogP contribution in [-0.2, 0) is 15.8 Å². The normalized spacial score (nSPS) is 15.1. The molecule has 0 aliphatic carbocycles. The van der Waals surface area contributed by atoms with Gasteiger partial charge in [-0.05, 0) is 29.5 Å². The van der Waals surface area contributed by atoms with Gasteiger partial charge in [-0.1, -0.05) is 48.9 Å². The molecule has 27 heavy (non-hydrogen) atoms. The Labute approximate surface area is 162 Å². The van der Waals surface area contributed by atoms with Gasteiger partial charge in [0.15, 0.2) is 0 Å². The first-order valence-corrected chi connectivity index (χ1v) is 9.30. The second-order valence-corrected chi connectivity index (χ2v) is 7.29. The number of carbonyl (C=O) groups excluding carboxylic acids is 2. The van der Waals surface area contributed by atoms with E-state index in [4.69, 9.17) is 11.6 Å². The first-order chi connectivity index (χ1) is 12.8. The second-order valence-electron chi connectivity index (χ2n) is 5.61. The van der Waals surface area contributed by atoms with E-state index >= 15 is 0 Å². The molecule has 2 aromatic rings. The van der Waals surface area contributed by atoms with E-state index in [2.05, 4.69) is 0 Å². The van der Waals surface area contributed by atoms with Crippen LogP contribution in [0.5, 0.6) is 0 Å². The molecule has 1 aliphatic rings. The van der Waals surface area contributed by atoms with Crippen LogP contribution in [-0.4, -0.2) is 17.6 Å². The molecular formula is C19H13ClF3NO2S. The van der Waals surface area contributed by atoms with Crippen LogP contribution in [0.1, 0.15) is 18.1 Å². The first kappa shape index (κ1) is 19.5. The lowest BCUT2D eigenvalue weighted by Gasteiger charge is -2.18. The second kappa shape index (κ2) is 7.40. The van der Waals surface area contributed by atoms with Crippen LogP contribution in [0.4, 0.5) is 18.9 Å². The summed E-state index contributed by atoms with van der Waals surface area (Å²) in [6.45, 7) is 1.82. The maximum absolute atomic E-state index is 13.2. The molecule has 0 bridgehead atoms. The summed E-state index contributed by atoms with van der Waals surface area (Å²) in [6.07, 6.45) is -4.70. The van der Waals surface area contributed by atoms with E-state index in [1.165, 1.54) is 17.8 Å². The highest BCUT2D eigenvalue weighted by atomic mass is 35.5. The maximum Gasteiger partial charge on any atom is 0.417 e. The van der Waals surface area contributed by atoms with E-state index in [0.29, 0.717) is 11.3 Å². The van der Waals surface area contributed by atoms with Gasteiger partial charge in [0.05, 0.1) is 26.8 Å². The summed E-state index contributed by atoms with van der Waals surface area (Å²) in [7, 11) is 0. The molecular weight excluding hydrogens is 399 g/mol. The lowest BCUT2D eigenvalue weighted by molar-refractivity contribution is -0.137. The molecule has 140 valence electrons. The monoisotopic (exact) mass is 411 g/mol. The zero-order chi connectivity index (χ0) is 19.8. The minimum absolute atomic E-state index is 0.165. The average molecular weight is 412 g/mol. The molecule has 3 rings (SSSR count). The number of amides is 2. The SMILES string of the molecule is CCSC1=C(c2ccccc2)C(=O)N(c2ccc(Cl)c(C(F)(F)F)c2)C1=O. The molecule has 1 heterocycles. The van der Waals surface area contributed by atoms with Crippen LogP contribution >= 0.6 is 23.4 Å². The van der Waals surface area contributed by atoms with Crippen LogP contribution in [0, 0.1) is 0 Å². The van der Waals surface area contributed by atoms with E-state index in [1.807, 2.05) is 6.92 Å². The highest BCUT2D eigenvalue weighted by Gasteiger charge is 2.41. The van der Waals surface area contributed by atoms with Gasteiger partial charge < -0.3 is 0 Å². The number of thioether (sulfide) groups is 1. The van der Waals surface area contributed by atoms with Gasteiger partial charge in [0.25, 0.3) is 11.8 Å². The van der Waals surface area contributed by atoms with E-state index in [9.17, 15) is 22.8 Å². The number of benzene rings is 2. The molecule has 8 heteroatoms. The van der Waals surface area contributed by atoms with Crippen molar-refractivity contribution in [1.29, 1.82) is 0 Å². The van der Waals surface area contributed by atoms with Crippen molar-refractivity contribution < 1.29 is 22.8 Å². The first-order valence-electron chi connectivity index (χ1n) is 7.93. The van der Waals surface area contributed by atoms with Crippen molar-refractivity contribution in [2.24, 2.45) is 0 Å². The molecule has 0 atom stereocenters. The third-order valence-electron chi connectivity index (χ3n) is 3.91. The lowest BCUT2D eigenvalue weighted by Crippen LogP contribution is -2.31. The predicted octanol–water partition coefficient (Wildman–Crippen LogP) is 5.40. The smallest absolute Gasteiger partial charge is 0.268 e. The Morgan fingerprint density at radius 2 is 1.70 bits per heavy atom. The summed E-state index contributed by atoms with van der Waals surface area (Å²) in [5.74, 6) is -0.758. The van der Waals surface area contributed by atoms with Gasteiger partial charge in [-0.25, -0.2) is 4.90 Å². The minimum atomic E-state index is -4.70.